The first-order valence-corrected chi connectivity index (χ1v) is 9.57. The Labute approximate surface area is 107 Å². The summed E-state index contributed by atoms with van der Waals surface area (Å²) in [5.74, 6) is -0.288. The minimum absolute atomic E-state index is 0.288. The lowest BCUT2D eigenvalue weighted by molar-refractivity contribution is -0.139. The van der Waals surface area contributed by atoms with Crippen molar-refractivity contribution in [3.05, 3.63) is 12.2 Å². The zero-order valence-electron chi connectivity index (χ0n) is 11.8. The van der Waals surface area contributed by atoms with Gasteiger partial charge in [0.05, 0.1) is 0 Å². The second kappa shape index (κ2) is 9.42. The number of hydrogen-bond acceptors (Lipinski definition) is 3. The molecule has 0 aliphatic heterocycles. The van der Waals surface area contributed by atoms with Crippen molar-refractivity contribution in [1.82, 2.24) is 4.90 Å². The lowest BCUT2D eigenvalue weighted by Gasteiger charge is -2.16. The molecule has 4 heteroatoms. The summed E-state index contributed by atoms with van der Waals surface area (Å²) in [5, 5.41) is 0. The number of carbonyl (C=O) groups is 1. The highest BCUT2D eigenvalue weighted by molar-refractivity contribution is 6.55. The van der Waals surface area contributed by atoms with Crippen molar-refractivity contribution in [3.8, 4) is 0 Å². The summed E-state index contributed by atoms with van der Waals surface area (Å²) in [6.45, 7) is 12.3. The lowest BCUT2D eigenvalue weighted by Crippen LogP contribution is -2.25. The molecule has 0 amide bonds. The van der Waals surface area contributed by atoms with Gasteiger partial charge in [0.15, 0.2) is 0 Å². The summed E-state index contributed by atoms with van der Waals surface area (Å²) in [6.07, 6.45) is 2.58. The van der Waals surface area contributed by atoms with Gasteiger partial charge in [-0.1, -0.05) is 32.1 Å². The molecule has 0 aromatic heterocycles. The Balaban J connectivity index is 3.43. The van der Waals surface area contributed by atoms with Crippen LogP contribution in [0.5, 0.6) is 0 Å². The molecule has 0 atom stereocenters. The third-order valence-corrected chi connectivity index (χ3v) is 4.19. The van der Waals surface area contributed by atoms with Crippen LogP contribution >= 0.6 is 0 Å². The molecule has 0 aliphatic rings. The molecule has 0 aromatic rings. The molecule has 0 N–H and O–H groups in total. The second-order valence-corrected chi connectivity index (χ2v) is 8.47. The summed E-state index contributed by atoms with van der Waals surface area (Å²) < 4.78 is 5.05. The zero-order chi connectivity index (χ0) is 13.3. The van der Waals surface area contributed by atoms with Crippen LogP contribution in [0.4, 0.5) is 0 Å². The SMILES string of the molecule is C=C(C)C(=O)OCCN(C)CCCC[SiH](C)C. The molecular formula is C13H27NO2Si. The number of ether oxygens (including phenoxy) is 1. The van der Waals surface area contributed by atoms with E-state index in [0.717, 1.165) is 13.1 Å². The smallest absolute Gasteiger partial charge is 0.333 e. The number of rotatable bonds is 9. The Kier molecular flexibility index (Phi) is 9.08. The molecule has 0 aromatic carbocycles. The van der Waals surface area contributed by atoms with Gasteiger partial charge in [-0.25, -0.2) is 4.79 Å². The predicted molar refractivity (Wildman–Crippen MR) is 76.2 cm³/mol. The van der Waals surface area contributed by atoms with Gasteiger partial charge in [-0.05, 0) is 26.9 Å². The van der Waals surface area contributed by atoms with Crippen LogP contribution in [0.3, 0.4) is 0 Å². The van der Waals surface area contributed by atoms with Gasteiger partial charge in [0.25, 0.3) is 0 Å². The molecule has 0 radical (unpaired) electrons. The van der Waals surface area contributed by atoms with Crippen LogP contribution in [0.1, 0.15) is 19.8 Å². The minimum atomic E-state index is -0.378. The van der Waals surface area contributed by atoms with Crippen molar-refractivity contribution >= 4 is 14.8 Å². The van der Waals surface area contributed by atoms with Gasteiger partial charge >= 0.3 is 5.97 Å². The van der Waals surface area contributed by atoms with Crippen LogP contribution in [0.15, 0.2) is 12.2 Å². The van der Waals surface area contributed by atoms with E-state index in [2.05, 4.69) is 31.6 Å². The highest BCUT2D eigenvalue weighted by atomic mass is 28.3. The van der Waals surface area contributed by atoms with Gasteiger partial charge in [-0.15, -0.1) is 0 Å². The Morgan fingerprint density at radius 1 is 1.29 bits per heavy atom. The fourth-order valence-electron chi connectivity index (χ4n) is 1.46. The number of carbonyl (C=O) groups excluding carboxylic acids is 1. The van der Waals surface area contributed by atoms with Crippen LogP contribution < -0.4 is 0 Å². The molecule has 0 fully saturated rings. The van der Waals surface area contributed by atoms with Crippen molar-refractivity contribution in [2.24, 2.45) is 0 Å². The van der Waals surface area contributed by atoms with Crippen LogP contribution in [0, 0.1) is 0 Å². The topological polar surface area (TPSA) is 29.5 Å². The summed E-state index contributed by atoms with van der Waals surface area (Å²) in [4.78, 5) is 13.3. The Bertz CT molecular complexity index is 242. The Morgan fingerprint density at radius 2 is 1.94 bits per heavy atom. The van der Waals surface area contributed by atoms with Crippen LogP contribution in [-0.4, -0.2) is 46.4 Å². The van der Waals surface area contributed by atoms with E-state index in [-0.39, 0.29) is 14.8 Å². The van der Waals surface area contributed by atoms with Gasteiger partial charge in [-0.3, -0.25) is 0 Å². The minimum Gasteiger partial charge on any atom is -0.461 e. The largest absolute Gasteiger partial charge is 0.461 e. The fourth-order valence-corrected chi connectivity index (χ4v) is 2.57. The first-order valence-electron chi connectivity index (χ1n) is 6.44. The van der Waals surface area contributed by atoms with Gasteiger partial charge in [0.1, 0.15) is 6.61 Å². The number of unbranched alkanes of at least 4 members (excludes halogenated alkanes) is 1. The molecule has 3 nitrogen and oxygen atoms in total. The summed E-state index contributed by atoms with van der Waals surface area (Å²) in [7, 11) is 1.69. The highest BCUT2D eigenvalue weighted by Gasteiger charge is 2.04. The summed E-state index contributed by atoms with van der Waals surface area (Å²) in [6, 6.07) is 1.43. The number of nitrogens with zero attached hydrogens (tertiary/aromatic N) is 1. The van der Waals surface area contributed by atoms with Gasteiger partial charge in [-0.2, -0.15) is 0 Å². The van der Waals surface area contributed by atoms with Crippen molar-refractivity contribution in [2.75, 3.05) is 26.7 Å². The maximum Gasteiger partial charge on any atom is 0.333 e. The highest BCUT2D eigenvalue weighted by Crippen LogP contribution is 2.02. The van der Waals surface area contributed by atoms with E-state index in [4.69, 9.17) is 4.74 Å². The molecule has 0 unspecified atom stereocenters. The number of hydrogen-bond donors (Lipinski definition) is 0. The third kappa shape index (κ3) is 10.3. The van der Waals surface area contributed by atoms with Gasteiger partial charge < -0.3 is 9.64 Å². The maximum atomic E-state index is 11.1. The van der Waals surface area contributed by atoms with Crippen molar-refractivity contribution < 1.29 is 9.53 Å². The summed E-state index contributed by atoms with van der Waals surface area (Å²) in [5.41, 5.74) is 0.467. The monoisotopic (exact) mass is 257 g/mol. The molecule has 0 spiro atoms. The quantitative estimate of drug-likeness (QED) is 0.275. The molecule has 0 aliphatic carbocycles. The molecule has 0 bridgehead atoms. The lowest BCUT2D eigenvalue weighted by atomic mass is 10.3. The normalized spacial score (nSPS) is 10.9. The maximum absolute atomic E-state index is 11.1. The molecular weight excluding hydrogens is 230 g/mol. The Hall–Kier alpha value is -0.613. The zero-order valence-corrected chi connectivity index (χ0v) is 12.9. The average Bonchev–Trinajstić information content (AvgIpc) is 2.23. The molecule has 100 valence electrons. The fraction of sp³-hybridized carbons (Fsp3) is 0.769. The van der Waals surface area contributed by atoms with E-state index in [1.54, 1.807) is 6.92 Å². The Morgan fingerprint density at radius 3 is 2.47 bits per heavy atom. The third-order valence-electron chi connectivity index (χ3n) is 2.63. The van der Waals surface area contributed by atoms with Gasteiger partial charge in [0.2, 0.25) is 0 Å². The first kappa shape index (κ1) is 16.4. The number of esters is 1. The molecule has 0 heterocycles. The van der Waals surface area contributed by atoms with Crippen LogP contribution in [0.25, 0.3) is 0 Å². The summed E-state index contributed by atoms with van der Waals surface area (Å²) >= 11 is 0. The van der Waals surface area contributed by atoms with E-state index in [1.807, 2.05) is 0 Å². The molecule has 0 saturated carbocycles. The van der Waals surface area contributed by atoms with Crippen LogP contribution in [0.2, 0.25) is 19.1 Å². The van der Waals surface area contributed by atoms with Crippen molar-refractivity contribution in [3.63, 3.8) is 0 Å². The van der Waals surface area contributed by atoms with E-state index in [1.165, 1.54) is 18.9 Å². The molecule has 0 saturated heterocycles. The second-order valence-electron chi connectivity index (χ2n) is 5.11. The molecule has 0 rings (SSSR count). The van der Waals surface area contributed by atoms with Crippen molar-refractivity contribution in [1.29, 1.82) is 0 Å². The standard InChI is InChI=1S/C13H27NO2Si/c1-12(2)13(15)16-10-9-14(3)8-6-7-11-17(4)5/h17H,1,6-11H2,2-5H3. The van der Waals surface area contributed by atoms with Crippen molar-refractivity contribution in [2.45, 2.75) is 38.9 Å². The molecule has 17 heavy (non-hydrogen) atoms. The van der Waals surface area contributed by atoms with Gasteiger partial charge in [0, 0.05) is 20.9 Å². The predicted octanol–water partition coefficient (Wildman–Crippen LogP) is 2.30. The first-order chi connectivity index (χ1) is 7.93. The van der Waals surface area contributed by atoms with E-state index < -0.39 is 0 Å². The average molecular weight is 257 g/mol. The van der Waals surface area contributed by atoms with Crippen LogP contribution in [-0.2, 0) is 9.53 Å². The van der Waals surface area contributed by atoms with E-state index in [0.29, 0.717) is 12.2 Å². The van der Waals surface area contributed by atoms with E-state index >= 15 is 0 Å². The van der Waals surface area contributed by atoms with E-state index in [9.17, 15) is 4.79 Å². The number of likely N-dealkylation sites (N-methyl/N-ethyl adjacent to an activating group) is 1.